The van der Waals surface area contributed by atoms with Crippen LogP contribution < -0.4 is 4.90 Å². The number of anilines is 3. The van der Waals surface area contributed by atoms with Crippen molar-refractivity contribution in [3.8, 4) is 33.7 Å². The Morgan fingerprint density at radius 1 is 0.481 bits per heavy atom. The highest BCUT2D eigenvalue weighted by atomic mass is 16.4. The van der Waals surface area contributed by atoms with E-state index in [9.17, 15) is 0 Å². The molecule has 8 aromatic carbocycles. The molecule has 4 nitrogen and oxygen atoms in total. The lowest BCUT2D eigenvalue weighted by atomic mass is 9.82. The van der Waals surface area contributed by atoms with Crippen molar-refractivity contribution in [1.82, 2.24) is 4.98 Å². The third kappa shape index (κ3) is 4.66. The Bertz CT molecular complexity index is 3080. The lowest BCUT2D eigenvalue weighted by Gasteiger charge is -2.28. The Kier molecular flexibility index (Phi) is 6.56. The number of furan rings is 1. The quantitative estimate of drug-likeness (QED) is 0.180. The molecule has 4 heteroatoms. The summed E-state index contributed by atoms with van der Waals surface area (Å²) in [4.78, 5) is 7.21. The predicted molar refractivity (Wildman–Crippen MR) is 222 cm³/mol. The molecular formula is C50H34N2O2. The molecule has 2 heterocycles. The average Bonchev–Trinajstić information content (AvgIpc) is 3.87. The summed E-state index contributed by atoms with van der Waals surface area (Å²) < 4.78 is 13.0. The molecule has 0 saturated heterocycles. The Morgan fingerprint density at radius 2 is 1.22 bits per heavy atom. The maximum absolute atomic E-state index is 6.59. The molecule has 256 valence electrons. The summed E-state index contributed by atoms with van der Waals surface area (Å²) in [6, 6.07) is 60.3. The van der Waals surface area contributed by atoms with Gasteiger partial charge in [-0.15, -0.1) is 0 Å². The zero-order valence-corrected chi connectivity index (χ0v) is 29.9. The van der Waals surface area contributed by atoms with E-state index in [-0.39, 0.29) is 5.41 Å². The molecule has 0 atom stereocenters. The fraction of sp³-hybridized carbons (Fsp3) is 0.0600. The first kappa shape index (κ1) is 30.7. The van der Waals surface area contributed by atoms with Crippen LogP contribution in [0.4, 0.5) is 17.1 Å². The van der Waals surface area contributed by atoms with E-state index in [4.69, 9.17) is 13.8 Å². The van der Waals surface area contributed by atoms with E-state index < -0.39 is 0 Å². The van der Waals surface area contributed by atoms with Gasteiger partial charge >= 0.3 is 0 Å². The smallest absolute Gasteiger partial charge is 0.227 e. The number of aromatic nitrogens is 1. The summed E-state index contributed by atoms with van der Waals surface area (Å²) in [5, 5.41) is 4.48. The summed E-state index contributed by atoms with van der Waals surface area (Å²) >= 11 is 0. The molecule has 0 N–H and O–H groups in total. The molecule has 0 aliphatic heterocycles. The highest BCUT2D eigenvalue weighted by Gasteiger charge is 2.36. The van der Waals surface area contributed by atoms with E-state index in [1.165, 1.54) is 44.2 Å². The number of hydrogen-bond acceptors (Lipinski definition) is 4. The van der Waals surface area contributed by atoms with Gasteiger partial charge in [-0.1, -0.05) is 117 Å². The molecule has 0 bridgehead atoms. The third-order valence-electron chi connectivity index (χ3n) is 11.3. The molecule has 0 amide bonds. The summed E-state index contributed by atoms with van der Waals surface area (Å²) in [5.74, 6) is 0.595. The first-order valence-corrected chi connectivity index (χ1v) is 18.4. The minimum Gasteiger partial charge on any atom is -0.456 e. The number of rotatable bonds is 5. The standard InChI is InChI=1S/C50H34N2O2/c1-50(2)41-16-9-8-15-38(41)39-26-25-37(28-42(39)50)52(36-23-21-32(22-24-36)35-20-19-31-11-6-7-14-34(31)27-35)44-17-10-18-45-48(44)40-29-47-43(30-46(40)53-45)51-49(54-47)33-12-4-3-5-13-33/h3-30H,1-2H3. The van der Waals surface area contributed by atoms with Crippen molar-refractivity contribution >= 4 is 60.9 Å². The first-order chi connectivity index (χ1) is 26.5. The average molecular weight is 695 g/mol. The predicted octanol–water partition coefficient (Wildman–Crippen LogP) is 14.0. The van der Waals surface area contributed by atoms with Gasteiger partial charge in [0.25, 0.3) is 0 Å². The van der Waals surface area contributed by atoms with Crippen LogP contribution in [0.2, 0.25) is 0 Å². The minimum absolute atomic E-state index is 0.143. The largest absolute Gasteiger partial charge is 0.456 e. The van der Waals surface area contributed by atoms with Crippen molar-refractivity contribution in [3.05, 3.63) is 181 Å². The van der Waals surface area contributed by atoms with Gasteiger partial charge < -0.3 is 13.7 Å². The van der Waals surface area contributed by atoms with E-state index in [1.807, 2.05) is 42.5 Å². The van der Waals surface area contributed by atoms with Crippen molar-refractivity contribution in [2.45, 2.75) is 19.3 Å². The normalized spacial score (nSPS) is 13.1. The SMILES string of the molecule is CC1(C)c2ccccc2-c2ccc(N(c3ccc(-c4ccc5ccccc5c4)cc3)c3cccc4oc5cc6nc(-c7ccccc7)oc6cc5c34)cc21. The van der Waals surface area contributed by atoms with Crippen LogP contribution in [-0.4, -0.2) is 4.98 Å². The van der Waals surface area contributed by atoms with E-state index in [2.05, 4.69) is 146 Å². The van der Waals surface area contributed by atoms with Crippen LogP contribution in [0.25, 0.3) is 77.5 Å². The van der Waals surface area contributed by atoms with Crippen molar-refractivity contribution in [1.29, 1.82) is 0 Å². The minimum atomic E-state index is -0.143. The van der Waals surface area contributed by atoms with Gasteiger partial charge in [-0.2, -0.15) is 0 Å². The maximum atomic E-state index is 6.59. The molecule has 0 saturated carbocycles. The van der Waals surface area contributed by atoms with Crippen LogP contribution in [0.15, 0.2) is 179 Å². The van der Waals surface area contributed by atoms with Crippen LogP contribution in [0.1, 0.15) is 25.0 Å². The Balaban J connectivity index is 1.10. The van der Waals surface area contributed by atoms with Crippen LogP contribution in [-0.2, 0) is 5.41 Å². The molecular weight excluding hydrogens is 661 g/mol. The van der Waals surface area contributed by atoms with E-state index in [0.29, 0.717) is 5.89 Å². The molecule has 0 spiro atoms. The molecule has 0 radical (unpaired) electrons. The van der Waals surface area contributed by atoms with E-state index in [0.717, 1.165) is 55.7 Å². The fourth-order valence-corrected chi connectivity index (χ4v) is 8.55. The lowest BCUT2D eigenvalue weighted by molar-refractivity contribution is 0.620. The maximum Gasteiger partial charge on any atom is 0.227 e. The topological polar surface area (TPSA) is 42.4 Å². The van der Waals surface area contributed by atoms with Gasteiger partial charge in [0.2, 0.25) is 5.89 Å². The van der Waals surface area contributed by atoms with Gasteiger partial charge in [0.1, 0.15) is 16.7 Å². The van der Waals surface area contributed by atoms with Crippen molar-refractivity contribution in [2.24, 2.45) is 0 Å². The molecule has 0 fully saturated rings. The fourth-order valence-electron chi connectivity index (χ4n) is 8.55. The summed E-state index contributed by atoms with van der Waals surface area (Å²) in [6.45, 7) is 4.67. The van der Waals surface area contributed by atoms with Gasteiger partial charge in [-0.25, -0.2) is 4.98 Å². The summed E-state index contributed by atoms with van der Waals surface area (Å²) in [7, 11) is 0. The van der Waals surface area contributed by atoms with E-state index >= 15 is 0 Å². The molecule has 1 aliphatic rings. The van der Waals surface area contributed by atoms with Crippen LogP contribution in [0.5, 0.6) is 0 Å². The molecule has 2 aromatic heterocycles. The summed E-state index contributed by atoms with van der Waals surface area (Å²) in [6.07, 6.45) is 0. The highest BCUT2D eigenvalue weighted by Crippen LogP contribution is 2.51. The molecule has 0 unspecified atom stereocenters. The molecule has 54 heavy (non-hydrogen) atoms. The van der Waals surface area contributed by atoms with Gasteiger partial charge in [-0.3, -0.25) is 0 Å². The number of nitrogens with zero attached hydrogens (tertiary/aromatic N) is 2. The van der Waals surface area contributed by atoms with Crippen LogP contribution in [0, 0.1) is 0 Å². The molecule has 11 rings (SSSR count). The van der Waals surface area contributed by atoms with E-state index in [1.54, 1.807) is 0 Å². The number of oxazole rings is 1. The Morgan fingerprint density at radius 3 is 2.09 bits per heavy atom. The van der Waals surface area contributed by atoms with Crippen LogP contribution in [0.3, 0.4) is 0 Å². The zero-order valence-electron chi connectivity index (χ0n) is 29.9. The number of hydrogen-bond donors (Lipinski definition) is 0. The van der Waals surface area contributed by atoms with Gasteiger partial charge in [-0.05, 0) is 105 Å². The van der Waals surface area contributed by atoms with Gasteiger partial charge in [0.15, 0.2) is 5.58 Å². The Labute approximate surface area is 312 Å². The third-order valence-corrected chi connectivity index (χ3v) is 11.3. The van der Waals surface area contributed by atoms with Crippen LogP contribution >= 0.6 is 0 Å². The molecule has 10 aromatic rings. The first-order valence-electron chi connectivity index (χ1n) is 18.4. The summed E-state index contributed by atoms with van der Waals surface area (Å²) in [5.41, 5.74) is 14.7. The number of benzene rings is 8. The van der Waals surface area contributed by atoms with Gasteiger partial charge in [0.05, 0.1) is 11.1 Å². The second-order valence-electron chi connectivity index (χ2n) is 14.8. The second-order valence-corrected chi connectivity index (χ2v) is 14.8. The molecule has 1 aliphatic carbocycles. The lowest BCUT2D eigenvalue weighted by Crippen LogP contribution is -2.16. The monoisotopic (exact) mass is 694 g/mol. The second kappa shape index (κ2) is 11.5. The Hall–Kier alpha value is -6.91. The van der Waals surface area contributed by atoms with Crippen molar-refractivity contribution < 1.29 is 8.83 Å². The number of fused-ring (bicyclic) bond motifs is 8. The highest BCUT2D eigenvalue weighted by molar-refractivity contribution is 6.15. The van der Waals surface area contributed by atoms with Crippen molar-refractivity contribution in [3.63, 3.8) is 0 Å². The van der Waals surface area contributed by atoms with Crippen molar-refractivity contribution in [2.75, 3.05) is 4.90 Å². The zero-order chi connectivity index (χ0) is 36.0. The van der Waals surface area contributed by atoms with Gasteiger partial charge in [0, 0.05) is 33.8 Å².